The molecule has 1 unspecified atom stereocenters. The van der Waals surface area contributed by atoms with Crippen molar-refractivity contribution in [2.75, 3.05) is 20.3 Å². The Bertz CT molecular complexity index is 532. The average Bonchev–Trinajstić information content (AvgIpc) is 2.45. The number of carbonyl (C=O) groups excluding carboxylic acids is 1. The second-order valence-electron chi connectivity index (χ2n) is 3.91. The minimum absolute atomic E-state index is 0.154. The summed E-state index contributed by atoms with van der Waals surface area (Å²) in [5.41, 5.74) is -0.154. The van der Waals surface area contributed by atoms with Gasteiger partial charge in [0.05, 0.1) is 17.5 Å². The number of amides is 1. The van der Waals surface area contributed by atoms with Crippen LogP contribution in [0.3, 0.4) is 0 Å². The van der Waals surface area contributed by atoms with Crippen molar-refractivity contribution >= 4 is 17.6 Å². The molecule has 0 aliphatic rings. The van der Waals surface area contributed by atoms with Crippen molar-refractivity contribution in [2.24, 2.45) is 0 Å². The molecule has 1 amide bonds. The Kier molecular flexibility index (Phi) is 6.08. The number of rotatable bonds is 8. The molecule has 0 aromatic heterocycles. The molecule has 0 saturated heterocycles. The summed E-state index contributed by atoms with van der Waals surface area (Å²) >= 11 is 0. The third-order valence-corrected chi connectivity index (χ3v) is 2.44. The number of methoxy groups -OCH3 is 1. The summed E-state index contributed by atoms with van der Waals surface area (Å²) in [5, 5.41) is 21.6. The van der Waals surface area contributed by atoms with Crippen LogP contribution >= 0.6 is 0 Å². The first-order valence-corrected chi connectivity index (χ1v) is 5.83. The number of carboxylic acids is 1. The van der Waals surface area contributed by atoms with Gasteiger partial charge in [-0.25, -0.2) is 4.79 Å². The van der Waals surface area contributed by atoms with Crippen LogP contribution in [-0.2, 0) is 14.3 Å². The van der Waals surface area contributed by atoms with Gasteiger partial charge in [0.1, 0.15) is 5.75 Å². The lowest BCUT2D eigenvalue weighted by Gasteiger charge is -2.12. The molecule has 1 rings (SSSR count). The summed E-state index contributed by atoms with van der Waals surface area (Å²) in [6, 6.07) is 5.37. The molecule has 1 aromatic rings. The lowest BCUT2D eigenvalue weighted by atomic mass is 10.3. The monoisotopic (exact) mass is 298 g/mol. The molecule has 0 heterocycles. The molecule has 0 spiro atoms. The number of non-ortho nitro benzene ring substituents is 1. The van der Waals surface area contributed by atoms with Crippen LogP contribution in [-0.4, -0.2) is 48.3 Å². The number of aliphatic carboxylic acids is 1. The molecule has 1 aromatic carbocycles. The fourth-order valence-electron chi connectivity index (χ4n) is 1.36. The third-order valence-electron chi connectivity index (χ3n) is 2.44. The maximum absolute atomic E-state index is 11.5. The van der Waals surface area contributed by atoms with Crippen molar-refractivity contribution in [3.05, 3.63) is 34.4 Å². The molecule has 9 nitrogen and oxygen atoms in total. The van der Waals surface area contributed by atoms with Gasteiger partial charge in [-0.05, 0) is 6.07 Å². The number of nitrogens with zero attached hydrogens (tertiary/aromatic N) is 1. The van der Waals surface area contributed by atoms with Crippen LogP contribution in [0.1, 0.15) is 0 Å². The zero-order valence-electron chi connectivity index (χ0n) is 11.1. The number of hydrogen-bond donors (Lipinski definition) is 2. The summed E-state index contributed by atoms with van der Waals surface area (Å²) in [5.74, 6) is -1.59. The Morgan fingerprint density at radius 1 is 1.48 bits per heavy atom. The molecule has 0 aliphatic carbocycles. The van der Waals surface area contributed by atoms with Crippen LogP contribution in [0.15, 0.2) is 24.3 Å². The highest BCUT2D eigenvalue weighted by atomic mass is 16.6. The number of carbonyl (C=O) groups is 2. The molecule has 1 atom stereocenters. The smallest absolute Gasteiger partial charge is 0.334 e. The molecule has 0 fully saturated rings. The van der Waals surface area contributed by atoms with Crippen LogP contribution < -0.4 is 10.1 Å². The summed E-state index contributed by atoms with van der Waals surface area (Å²) in [4.78, 5) is 32.1. The van der Waals surface area contributed by atoms with Gasteiger partial charge in [0.25, 0.3) is 11.6 Å². The van der Waals surface area contributed by atoms with Crippen molar-refractivity contribution in [3.63, 3.8) is 0 Å². The van der Waals surface area contributed by atoms with E-state index in [-0.39, 0.29) is 18.0 Å². The highest BCUT2D eigenvalue weighted by Gasteiger charge is 2.17. The molecule has 0 bridgehead atoms. The van der Waals surface area contributed by atoms with Gasteiger partial charge in [-0.15, -0.1) is 0 Å². The predicted octanol–water partition coefficient (Wildman–Crippen LogP) is 0.189. The van der Waals surface area contributed by atoms with Gasteiger partial charge >= 0.3 is 5.97 Å². The van der Waals surface area contributed by atoms with E-state index in [1.165, 1.54) is 31.4 Å². The zero-order valence-corrected chi connectivity index (χ0v) is 11.1. The number of carboxylic acid groups (broad SMARTS) is 1. The SMILES string of the molecule is COC(CNC(=O)COc1cccc([N+](=O)[O-])c1)C(=O)O. The summed E-state index contributed by atoms with van der Waals surface area (Å²) < 4.78 is 9.72. The number of benzene rings is 1. The standard InChI is InChI=1S/C12H14N2O7/c1-20-10(12(16)17)6-13-11(15)7-21-9-4-2-3-8(5-9)14(18)19/h2-5,10H,6-7H2,1H3,(H,13,15)(H,16,17). The fourth-order valence-corrected chi connectivity index (χ4v) is 1.36. The number of hydrogen-bond acceptors (Lipinski definition) is 6. The second-order valence-corrected chi connectivity index (χ2v) is 3.91. The number of nitrogens with one attached hydrogen (secondary N) is 1. The molecule has 0 saturated carbocycles. The lowest BCUT2D eigenvalue weighted by molar-refractivity contribution is -0.384. The van der Waals surface area contributed by atoms with E-state index in [4.69, 9.17) is 9.84 Å². The number of nitro benzene ring substituents is 1. The van der Waals surface area contributed by atoms with Crippen LogP contribution in [0, 0.1) is 10.1 Å². The van der Waals surface area contributed by atoms with Gasteiger partial charge in [-0.3, -0.25) is 14.9 Å². The van der Waals surface area contributed by atoms with Crippen LogP contribution in [0.4, 0.5) is 5.69 Å². The minimum Gasteiger partial charge on any atom is -0.484 e. The van der Waals surface area contributed by atoms with Gasteiger partial charge in [0.15, 0.2) is 12.7 Å². The van der Waals surface area contributed by atoms with Crippen molar-refractivity contribution in [3.8, 4) is 5.75 Å². The van der Waals surface area contributed by atoms with Gasteiger partial charge in [-0.2, -0.15) is 0 Å². The van der Waals surface area contributed by atoms with Crippen LogP contribution in [0.2, 0.25) is 0 Å². The molecule has 0 aliphatic heterocycles. The molecule has 0 radical (unpaired) electrons. The van der Waals surface area contributed by atoms with Crippen molar-refractivity contribution in [1.29, 1.82) is 0 Å². The Labute approximate surface area is 119 Å². The molecular formula is C12H14N2O7. The van der Waals surface area contributed by atoms with E-state index in [2.05, 4.69) is 10.1 Å². The van der Waals surface area contributed by atoms with E-state index in [0.29, 0.717) is 0 Å². The average molecular weight is 298 g/mol. The second kappa shape index (κ2) is 7.80. The van der Waals surface area contributed by atoms with Crippen LogP contribution in [0.25, 0.3) is 0 Å². The zero-order chi connectivity index (χ0) is 15.8. The van der Waals surface area contributed by atoms with Gasteiger partial charge in [0, 0.05) is 13.2 Å². The normalized spacial score (nSPS) is 11.5. The molecule has 2 N–H and O–H groups in total. The van der Waals surface area contributed by atoms with Gasteiger partial charge in [-0.1, -0.05) is 6.07 Å². The van der Waals surface area contributed by atoms with E-state index >= 15 is 0 Å². The first-order valence-electron chi connectivity index (χ1n) is 5.83. The van der Waals surface area contributed by atoms with Crippen LogP contribution in [0.5, 0.6) is 5.75 Å². The fraction of sp³-hybridized carbons (Fsp3) is 0.333. The number of nitro groups is 1. The highest BCUT2D eigenvalue weighted by molar-refractivity contribution is 5.79. The van der Waals surface area contributed by atoms with E-state index in [9.17, 15) is 19.7 Å². The van der Waals surface area contributed by atoms with Crippen molar-refractivity contribution < 1.29 is 29.1 Å². The Hall–Kier alpha value is -2.68. The molecule has 114 valence electrons. The Balaban J connectivity index is 2.44. The van der Waals surface area contributed by atoms with Crippen molar-refractivity contribution in [2.45, 2.75) is 6.10 Å². The van der Waals surface area contributed by atoms with Gasteiger partial charge < -0.3 is 19.9 Å². The van der Waals surface area contributed by atoms with E-state index in [1.54, 1.807) is 0 Å². The first kappa shape index (κ1) is 16.4. The summed E-state index contributed by atoms with van der Waals surface area (Å²) in [6.07, 6.45) is -1.15. The molecular weight excluding hydrogens is 284 g/mol. The number of ether oxygens (including phenoxy) is 2. The van der Waals surface area contributed by atoms with E-state index in [0.717, 1.165) is 0 Å². The highest BCUT2D eigenvalue weighted by Crippen LogP contribution is 2.18. The largest absolute Gasteiger partial charge is 0.484 e. The maximum atomic E-state index is 11.5. The quantitative estimate of drug-likeness (QED) is 0.517. The summed E-state index contributed by atoms with van der Waals surface area (Å²) in [7, 11) is 1.21. The third kappa shape index (κ3) is 5.45. The maximum Gasteiger partial charge on any atom is 0.334 e. The first-order chi connectivity index (χ1) is 9.93. The summed E-state index contributed by atoms with van der Waals surface area (Å²) in [6.45, 7) is -0.597. The topological polar surface area (TPSA) is 128 Å². The Morgan fingerprint density at radius 2 is 2.19 bits per heavy atom. The molecule has 21 heavy (non-hydrogen) atoms. The van der Waals surface area contributed by atoms with Gasteiger partial charge in [0.2, 0.25) is 0 Å². The van der Waals surface area contributed by atoms with E-state index < -0.39 is 29.5 Å². The van der Waals surface area contributed by atoms with E-state index in [1.807, 2.05) is 0 Å². The molecule has 9 heteroatoms. The lowest BCUT2D eigenvalue weighted by Crippen LogP contribution is -2.39. The minimum atomic E-state index is -1.20. The predicted molar refractivity (Wildman–Crippen MR) is 70.0 cm³/mol. The Morgan fingerprint density at radius 3 is 2.76 bits per heavy atom. The van der Waals surface area contributed by atoms with Crippen molar-refractivity contribution in [1.82, 2.24) is 5.32 Å².